The van der Waals surface area contributed by atoms with Crippen LogP contribution in [0, 0.1) is 5.41 Å². The third-order valence-corrected chi connectivity index (χ3v) is 6.60. The fourth-order valence-electron chi connectivity index (χ4n) is 4.90. The molecule has 0 bridgehead atoms. The van der Waals surface area contributed by atoms with Crippen LogP contribution in [0.25, 0.3) is 0 Å². The van der Waals surface area contributed by atoms with Crippen molar-refractivity contribution in [2.24, 2.45) is 16.1 Å². The molecule has 2 atom stereocenters. The van der Waals surface area contributed by atoms with Gasteiger partial charge in [-0.25, -0.2) is 0 Å². The number of benzene rings is 2. The maximum Gasteiger partial charge on any atom is 0.250 e. The minimum absolute atomic E-state index is 0.199. The molecule has 2 aliphatic rings. The number of nitrogens with two attached hydrogens (primary N) is 2. The van der Waals surface area contributed by atoms with Gasteiger partial charge in [-0.2, -0.15) is 0 Å². The zero-order valence-electron chi connectivity index (χ0n) is 17.4. The monoisotopic (exact) mass is 408 g/mol. The third-order valence-electron chi connectivity index (χ3n) is 6.60. The normalized spacial score (nSPS) is 25.1. The van der Waals surface area contributed by atoms with E-state index in [1.807, 2.05) is 12.1 Å². The standard InChI is InChI=1S/C23H28N4O3/c1-29-14-22-12-23(22,7-8-26-13-22)16-3-5-17(6-4-16)27-11-15-9-18(30-2)10-19(20(15)24)21(25)28/h3-6,9-11,26H,7-8,12-14,24H2,1-2H3,(H2,25,28). The van der Waals surface area contributed by atoms with Gasteiger partial charge in [-0.3, -0.25) is 9.79 Å². The number of amides is 1. The van der Waals surface area contributed by atoms with Crippen molar-refractivity contribution in [3.63, 3.8) is 0 Å². The number of carbonyl (C=O) groups is 1. The lowest BCUT2D eigenvalue weighted by Gasteiger charge is -2.31. The van der Waals surface area contributed by atoms with Crippen molar-refractivity contribution in [2.45, 2.75) is 18.3 Å². The number of methoxy groups -OCH3 is 2. The lowest BCUT2D eigenvalue weighted by molar-refractivity contribution is 0.100. The Morgan fingerprint density at radius 3 is 2.70 bits per heavy atom. The predicted octanol–water partition coefficient (Wildman–Crippen LogP) is 2.39. The molecule has 2 aromatic rings. The number of hydrogen-bond donors (Lipinski definition) is 3. The summed E-state index contributed by atoms with van der Waals surface area (Å²) < 4.78 is 10.8. The Balaban J connectivity index is 1.57. The van der Waals surface area contributed by atoms with Gasteiger partial charge < -0.3 is 26.3 Å². The Hall–Kier alpha value is -2.90. The molecule has 0 aromatic heterocycles. The molecule has 7 heteroatoms. The van der Waals surface area contributed by atoms with Gasteiger partial charge in [0.2, 0.25) is 0 Å². The first-order valence-electron chi connectivity index (χ1n) is 10.1. The average Bonchev–Trinajstić information content (AvgIpc) is 3.43. The average molecular weight is 409 g/mol. The van der Waals surface area contributed by atoms with Crippen molar-refractivity contribution >= 4 is 23.5 Å². The second kappa shape index (κ2) is 7.74. The number of anilines is 1. The number of nitrogens with one attached hydrogen (secondary N) is 1. The van der Waals surface area contributed by atoms with Gasteiger partial charge in [-0.05, 0) is 49.2 Å². The van der Waals surface area contributed by atoms with Crippen LogP contribution in [0.2, 0.25) is 0 Å². The van der Waals surface area contributed by atoms with E-state index in [0.29, 0.717) is 17.0 Å². The van der Waals surface area contributed by atoms with Crippen LogP contribution in [0.15, 0.2) is 41.4 Å². The Bertz CT molecular complexity index is 985. The number of ether oxygens (including phenoxy) is 2. The van der Waals surface area contributed by atoms with E-state index in [1.54, 1.807) is 19.4 Å². The molecule has 0 radical (unpaired) electrons. The first kappa shape index (κ1) is 20.4. The molecular weight excluding hydrogens is 380 g/mol. The summed E-state index contributed by atoms with van der Waals surface area (Å²) in [7, 11) is 3.30. The minimum atomic E-state index is -0.601. The predicted molar refractivity (Wildman–Crippen MR) is 118 cm³/mol. The van der Waals surface area contributed by atoms with Crippen LogP contribution in [0.4, 0.5) is 11.4 Å². The molecule has 7 nitrogen and oxygen atoms in total. The largest absolute Gasteiger partial charge is 0.497 e. The van der Waals surface area contributed by atoms with Gasteiger partial charge in [0, 0.05) is 36.3 Å². The second-order valence-corrected chi connectivity index (χ2v) is 8.25. The van der Waals surface area contributed by atoms with Gasteiger partial charge in [0.15, 0.2) is 0 Å². The second-order valence-electron chi connectivity index (χ2n) is 8.25. The SMILES string of the molecule is COCC12CNCCC1(c1ccc(N=Cc3cc(OC)cc(C(N)=O)c3N)cc1)C2. The summed E-state index contributed by atoms with van der Waals surface area (Å²) in [6, 6.07) is 11.6. The van der Waals surface area contributed by atoms with Crippen LogP contribution in [-0.4, -0.2) is 46.0 Å². The first-order chi connectivity index (χ1) is 14.4. The van der Waals surface area contributed by atoms with E-state index in [2.05, 4.69) is 22.4 Å². The Morgan fingerprint density at radius 1 is 1.27 bits per heavy atom. The van der Waals surface area contributed by atoms with E-state index in [1.165, 1.54) is 18.7 Å². The fourth-order valence-corrected chi connectivity index (χ4v) is 4.90. The number of rotatable bonds is 7. The molecule has 158 valence electrons. The summed E-state index contributed by atoms with van der Waals surface area (Å²) in [6.45, 7) is 2.80. The molecule has 4 rings (SSSR count). The van der Waals surface area contributed by atoms with Gasteiger partial charge in [0.25, 0.3) is 5.91 Å². The summed E-state index contributed by atoms with van der Waals surface area (Å²) in [4.78, 5) is 16.2. The maximum absolute atomic E-state index is 11.6. The molecule has 1 aliphatic carbocycles. The highest BCUT2D eigenvalue weighted by atomic mass is 16.5. The molecule has 1 aliphatic heterocycles. The van der Waals surface area contributed by atoms with Crippen molar-refractivity contribution in [1.82, 2.24) is 5.32 Å². The summed E-state index contributed by atoms with van der Waals surface area (Å²) in [5.74, 6) is -0.0985. The molecule has 2 aromatic carbocycles. The quantitative estimate of drug-likeness (QED) is 0.481. The van der Waals surface area contributed by atoms with Gasteiger partial charge in [0.05, 0.1) is 30.7 Å². The lowest BCUT2D eigenvalue weighted by atomic mass is 9.81. The van der Waals surface area contributed by atoms with Gasteiger partial charge in [-0.15, -0.1) is 0 Å². The van der Waals surface area contributed by atoms with Crippen molar-refractivity contribution in [1.29, 1.82) is 0 Å². The van der Waals surface area contributed by atoms with Gasteiger partial charge in [-0.1, -0.05) is 12.1 Å². The molecule has 30 heavy (non-hydrogen) atoms. The van der Waals surface area contributed by atoms with E-state index in [4.69, 9.17) is 20.9 Å². The molecule has 1 heterocycles. The highest BCUT2D eigenvalue weighted by Gasteiger charge is 2.68. The van der Waals surface area contributed by atoms with Crippen LogP contribution < -0.4 is 21.5 Å². The highest BCUT2D eigenvalue weighted by molar-refractivity contribution is 6.03. The highest BCUT2D eigenvalue weighted by Crippen LogP contribution is 2.67. The third kappa shape index (κ3) is 3.34. The number of aliphatic imine (C=N–C) groups is 1. The zero-order valence-corrected chi connectivity index (χ0v) is 17.4. The summed E-state index contributed by atoms with van der Waals surface area (Å²) in [5, 5.41) is 3.51. The van der Waals surface area contributed by atoms with Crippen molar-refractivity contribution < 1.29 is 14.3 Å². The smallest absolute Gasteiger partial charge is 0.250 e. The number of hydrogen-bond acceptors (Lipinski definition) is 6. The van der Waals surface area contributed by atoms with Crippen LogP contribution in [-0.2, 0) is 10.2 Å². The van der Waals surface area contributed by atoms with Crippen LogP contribution >= 0.6 is 0 Å². The van der Waals surface area contributed by atoms with E-state index in [9.17, 15) is 4.79 Å². The summed E-state index contributed by atoms with van der Waals surface area (Å²) >= 11 is 0. The van der Waals surface area contributed by atoms with E-state index < -0.39 is 5.91 Å². The van der Waals surface area contributed by atoms with Crippen molar-refractivity contribution in [2.75, 3.05) is 39.6 Å². The van der Waals surface area contributed by atoms with Gasteiger partial charge >= 0.3 is 0 Å². The number of primary amides is 1. The molecular formula is C23H28N4O3. The van der Waals surface area contributed by atoms with E-state index >= 15 is 0 Å². The molecule has 0 spiro atoms. The number of carbonyl (C=O) groups excluding carboxylic acids is 1. The Morgan fingerprint density at radius 2 is 2.03 bits per heavy atom. The molecule has 1 saturated carbocycles. The van der Waals surface area contributed by atoms with E-state index in [0.717, 1.165) is 38.2 Å². The Labute approximate surface area is 176 Å². The first-order valence-corrected chi connectivity index (χ1v) is 10.1. The molecule has 1 amide bonds. The number of nitrogens with zero attached hydrogens (tertiary/aromatic N) is 1. The number of piperidine rings is 1. The number of nitrogen functional groups attached to an aromatic ring is 1. The molecule has 2 unspecified atom stereocenters. The van der Waals surface area contributed by atoms with Gasteiger partial charge in [0.1, 0.15) is 5.75 Å². The summed E-state index contributed by atoms with van der Waals surface area (Å²) in [6.07, 6.45) is 3.91. The number of fused-ring (bicyclic) bond motifs is 1. The fraction of sp³-hybridized carbons (Fsp3) is 0.391. The topological polar surface area (TPSA) is 112 Å². The molecule has 1 saturated heterocycles. The summed E-state index contributed by atoms with van der Waals surface area (Å²) in [5.41, 5.74) is 15.2. The van der Waals surface area contributed by atoms with Crippen LogP contribution in [0.5, 0.6) is 5.75 Å². The minimum Gasteiger partial charge on any atom is -0.497 e. The van der Waals surface area contributed by atoms with Crippen molar-refractivity contribution in [3.8, 4) is 5.75 Å². The lowest BCUT2D eigenvalue weighted by Crippen LogP contribution is -2.40. The zero-order chi connectivity index (χ0) is 21.4. The van der Waals surface area contributed by atoms with Crippen molar-refractivity contribution in [3.05, 3.63) is 53.1 Å². The Kier molecular flexibility index (Phi) is 5.26. The van der Waals surface area contributed by atoms with Crippen LogP contribution in [0.1, 0.15) is 34.3 Å². The molecule has 2 fully saturated rings. The maximum atomic E-state index is 11.6. The molecule has 5 N–H and O–H groups in total. The van der Waals surface area contributed by atoms with E-state index in [-0.39, 0.29) is 16.4 Å². The van der Waals surface area contributed by atoms with Crippen LogP contribution in [0.3, 0.4) is 0 Å².